The van der Waals surface area contributed by atoms with Crippen molar-refractivity contribution in [2.45, 2.75) is 55.4 Å². The molecule has 0 heterocycles. The molecule has 0 aliphatic heterocycles. The Bertz CT molecular complexity index is 417. The number of benzene rings is 1. The number of hydrogen-bond donors (Lipinski definition) is 0. The quantitative estimate of drug-likeness (QED) is 0.653. The van der Waals surface area contributed by atoms with Gasteiger partial charge in [0.25, 0.3) is 0 Å². The standard InChI is InChI=1S/C14H16.3C2H6/c1-5-11-9-13(7-3)14(8-4)10-12(11)6-2;3*1-2/h5-10H,1-2H2,3-4H3;3*1-2H3/b13-7-,14-8-;;;. The molecule has 0 aliphatic rings. The van der Waals surface area contributed by atoms with Crippen molar-refractivity contribution in [1.82, 2.24) is 0 Å². The SMILES string of the molecule is C=Cc1cc(=C/C)/c(=C\C)cc1C=C.CC.CC.CC. The lowest BCUT2D eigenvalue weighted by Gasteiger charge is -2.01. The molecule has 0 radical (unpaired) electrons. The number of hydrogen-bond acceptors (Lipinski definition) is 0. The first-order chi connectivity index (χ1) is 9.76. The molecule has 1 rings (SSSR count). The molecule has 0 amide bonds. The summed E-state index contributed by atoms with van der Waals surface area (Å²) in [6, 6.07) is 4.28. The van der Waals surface area contributed by atoms with Crippen LogP contribution in [0.1, 0.15) is 66.5 Å². The van der Waals surface area contributed by atoms with Crippen molar-refractivity contribution in [3.05, 3.63) is 46.9 Å². The van der Waals surface area contributed by atoms with Crippen molar-refractivity contribution in [3.63, 3.8) is 0 Å². The van der Waals surface area contributed by atoms with Gasteiger partial charge in [-0.15, -0.1) is 0 Å². The molecule has 0 heteroatoms. The molecular weight excluding hydrogens is 240 g/mol. The molecule has 0 fully saturated rings. The molecular formula is C20H34. The average molecular weight is 274 g/mol. The second-order valence-corrected chi connectivity index (χ2v) is 3.10. The lowest BCUT2D eigenvalue weighted by molar-refractivity contribution is 1.46. The molecule has 0 saturated carbocycles. The Morgan fingerprint density at radius 1 is 0.650 bits per heavy atom. The minimum absolute atomic E-state index is 1.14. The Morgan fingerprint density at radius 2 is 0.900 bits per heavy atom. The van der Waals surface area contributed by atoms with E-state index >= 15 is 0 Å². The second-order valence-electron chi connectivity index (χ2n) is 3.10. The zero-order valence-electron chi connectivity index (χ0n) is 14.9. The molecule has 0 spiro atoms. The molecule has 1 aromatic rings. The summed E-state index contributed by atoms with van der Waals surface area (Å²) in [5, 5.41) is 2.49. The van der Waals surface area contributed by atoms with E-state index < -0.39 is 0 Å². The Hall–Kier alpha value is -1.56. The molecule has 0 atom stereocenters. The Labute approximate surface area is 127 Å². The highest BCUT2D eigenvalue weighted by atomic mass is 14.0. The van der Waals surface area contributed by atoms with Crippen LogP contribution in [0.15, 0.2) is 25.3 Å². The van der Waals surface area contributed by atoms with Crippen molar-refractivity contribution < 1.29 is 0 Å². The monoisotopic (exact) mass is 274 g/mol. The van der Waals surface area contributed by atoms with Gasteiger partial charge in [0.2, 0.25) is 0 Å². The summed E-state index contributed by atoms with van der Waals surface area (Å²) in [5.41, 5.74) is 2.28. The summed E-state index contributed by atoms with van der Waals surface area (Å²) in [6.07, 6.45) is 7.94. The summed E-state index contributed by atoms with van der Waals surface area (Å²) in [5.74, 6) is 0. The van der Waals surface area contributed by atoms with Crippen LogP contribution in [-0.4, -0.2) is 0 Å². The maximum atomic E-state index is 3.80. The minimum Gasteiger partial charge on any atom is -0.0984 e. The third-order valence-corrected chi connectivity index (χ3v) is 2.35. The first kappa shape index (κ1) is 23.5. The van der Waals surface area contributed by atoms with Gasteiger partial charge in [0.05, 0.1) is 0 Å². The molecule has 0 saturated heterocycles. The maximum Gasteiger partial charge on any atom is -0.0184 e. The van der Waals surface area contributed by atoms with Crippen molar-refractivity contribution in [2.75, 3.05) is 0 Å². The molecule has 0 aliphatic carbocycles. The Kier molecular flexibility index (Phi) is 20.5. The summed E-state index contributed by atoms with van der Waals surface area (Å²) in [4.78, 5) is 0. The molecule has 0 N–H and O–H groups in total. The fraction of sp³-hybridized carbons (Fsp3) is 0.400. The predicted octanol–water partition coefficient (Wildman–Crippen LogP) is 5.65. The van der Waals surface area contributed by atoms with Crippen molar-refractivity contribution in [2.24, 2.45) is 0 Å². The lowest BCUT2D eigenvalue weighted by atomic mass is 10.0. The van der Waals surface area contributed by atoms with E-state index in [1.165, 1.54) is 10.4 Å². The third-order valence-electron chi connectivity index (χ3n) is 2.35. The van der Waals surface area contributed by atoms with Crippen LogP contribution in [-0.2, 0) is 0 Å². The highest BCUT2D eigenvalue weighted by molar-refractivity contribution is 5.64. The van der Waals surface area contributed by atoms with Crippen LogP contribution >= 0.6 is 0 Å². The van der Waals surface area contributed by atoms with Crippen molar-refractivity contribution in [1.29, 1.82) is 0 Å². The van der Waals surface area contributed by atoms with Gasteiger partial charge in [-0.05, 0) is 47.5 Å². The summed E-state index contributed by atoms with van der Waals surface area (Å²) in [6.45, 7) is 23.7. The van der Waals surface area contributed by atoms with Gasteiger partial charge >= 0.3 is 0 Å². The van der Waals surface area contributed by atoms with E-state index in [1.807, 2.05) is 67.5 Å². The molecule has 0 bridgehead atoms. The van der Waals surface area contributed by atoms with Gasteiger partial charge in [0.15, 0.2) is 0 Å². The van der Waals surface area contributed by atoms with Gasteiger partial charge in [-0.25, -0.2) is 0 Å². The lowest BCUT2D eigenvalue weighted by Crippen LogP contribution is -2.24. The molecule has 20 heavy (non-hydrogen) atoms. The van der Waals surface area contributed by atoms with Crippen molar-refractivity contribution >= 4 is 24.3 Å². The van der Waals surface area contributed by atoms with Crippen LogP contribution in [0.2, 0.25) is 0 Å². The van der Waals surface area contributed by atoms with E-state index in [9.17, 15) is 0 Å². The van der Waals surface area contributed by atoms with Gasteiger partial charge in [0.1, 0.15) is 0 Å². The van der Waals surface area contributed by atoms with Gasteiger partial charge in [-0.2, -0.15) is 0 Å². The predicted molar refractivity (Wildman–Crippen MR) is 100 cm³/mol. The largest absolute Gasteiger partial charge is 0.0984 e. The molecule has 114 valence electrons. The number of rotatable bonds is 2. The second kappa shape index (κ2) is 17.4. The van der Waals surface area contributed by atoms with Crippen molar-refractivity contribution in [3.8, 4) is 0 Å². The zero-order valence-corrected chi connectivity index (χ0v) is 14.9. The molecule has 1 aromatic carbocycles. The van der Waals surface area contributed by atoms with Crippen LogP contribution in [0.3, 0.4) is 0 Å². The van der Waals surface area contributed by atoms with Gasteiger partial charge in [-0.3, -0.25) is 0 Å². The fourth-order valence-electron chi connectivity index (χ4n) is 1.52. The van der Waals surface area contributed by atoms with Gasteiger partial charge in [0, 0.05) is 0 Å². The van der Waals surface area contributed by atoms with Crippen LogP contribution in [0, 0.1) is 0 Å². The van der Waals surface area contributed by atoms with Gasteiger partial charge < -0.3 is 0 Å². The first-order valence-electron chi connectivity index (χ1n) is 7.78. The van der Waals surface area contributed by atoms with E-state index in [0.717, 1.165) is 11.1 Å². The Balaban J connectivity index is -0.000000425. The van der Waals surface area contributed by atoms with Gasteiger partial charge in [-0.1, -0.05) is 79.0 Å². The minimum atomic E-state index is 1.14. The smallest absolute Gasteiger partial charge is 0.0184 e. The summed E-state index contributed by atoms with van der Waals surface area (Å²) >= 11 is 0. The normalized spacial score (nSPS) is 10.0. The zero-order chi connectivity index (χ0) is 16.6. The van der Waals surface area contributed by atoms with E-state index in [0.29, 0.717) is 0 Å². The topological polar surface area (TPSA) is 0 Å². The Morgan fingerprint density at radius 3 is 1.05 bits per heavy atom. The van der Waals surface area contributed by atoms with Crippen LogP contribution in [0.4, 0.5) is 0 Å². The van der Waals surface area contributed by atoms with E-state index in [4.69, 9.17) is 0 Å². The highest BCUT2D eigenvalue weighted by Crippen LogP contribution is 2.06. The van der Waals surface area contributed by atoms with Crippen LogP contribution in [0.25, 0.3) is 24.3 Å². The fourth-order valence-corrected chi connectivity index (χ4v) is 1.52. The first-order valence-corrected chi connectivity index (χ1v) is 7.78. The maximum absolute atomic E-state index is 3.80. The average Bonchev–Trinajstić information content (AvgIpc) is 2.58. The van der Waals surface area contributed by atoms with E-state index in [2.05, 4.69) is 37.4 Å². The van der Waals surface area contributed by atoms with Crippen LogP contribution in [0.5, 0.6) is 0 Å². The summed E-state index contributed by atoms with van der Waals surface area (Å²) in [7, 11) is 0. The van der Waals surface area contributed by atoms with E-state index in [1.54, 1.807) is 0 Å². The van der Waals surface area contributed by atoms with Crippen LogP contribution < -0.4 is 10.4 Å². The molecule has 0 aromatic heterocycles. The van der Waals surface area contributed by atoms with E-state index in [-0.39, 0.29) is 0 Å². The summed E-state index contributed by atoms with van der Waals surface area (Å²) < 4.78 is 0. The molecule has 0 nitrogen and oxygen atoms in total. The highest BCUT2D eigenvalue weighted by Gasteiger charge is 1.95. The molecule has 0 unspecified atom stereocenters. The third kappa shape index (κ3) is 7.78.